The third-order valence-electron chi connectivity index (χ3n) is 2.77. The molecule has 0 aliphatic rings. The average Bonchev–Trinajstić information content (AvgIpc) is 2.36. The van der Waals surface area contributed by atoms with Crippen LogP contribution in [0.4, 0.5) is 10.1 Å². The quantitative estimate of drug-likeness (QED) is 0.582. The molecule has 0 amide bonds. The Hall–Kier alpha value is -1.58. The van der Waals surface area contributed by atoms with Crippen LogP contribution in [0.1, 0.15) is 20.3 Å². The lowest BCUT2D eigenvalue weighted by molar-refractivity contribution is -0.388. The zero-order valence-electron chi connectivity index (χ0n) is 11.7. The monoisotopic (exact) mass is 319 g/mol. The highest BCUT2D eigenvalue weighted by atomic mass is 32.2. The number of halogens is 1. The summed E-state index contributed by atoms with van der Waals surface area (Å²) < 4.78 is 40.4. The molecule has 0 heterocycles. The predicted molar refractivity (Wildman–Crippen MR) is 75.7 cm³/mol. The minimum atomic E-state index is -4.37. The molecular formula is C12H18FN3O4S. The Kier molecular flexibility index (Phi) is 5.76. The molecular weight excluding hydrogens is 301 g/mol. The fourth-order valence-electron chi connectivity index (χ4n) is 1.95. The maximum atomic E-state index is 13.8. The molecule has 118 valence electrons. The molecule has 7 nitrogen and oxygen atoms in total. The first-order valence-corrected chi connectivity index (χ1v) is 7.82. The van der Waals surface area contributed by atoms with E-state index in [0.717, 1.165) is 18.2 Å². The topological polar surface area (TPSA) is 115 Å². The Bertz CT molecular complexity index is 619. The Balaban J connectivity index is 3.22. The summed E-state index contributed by atoms with van der Waals surface area (Å²) in [7, 11) is -4.37. The van der Waals surface area contributed by atoms with Gasteiger partial charge in [-0.15, -0.1) is 0 Å². The number of nitrogens with two attached hydrogens (primary N) is 1. The molecule has 0 spiro atoms. The molecule has 0 aliphatic heterocycles. The number of nitro groups is 1. The Morgan fingerprint density at radius 1 is 1.43 bits per heavy atom. The highest BCUT2D eigenvalue weighted by Crippen LogP contribution is 2.26. The second-order valence-electron chi connectivity index (χ2n) is 5.03. The van der Waals surface area contributed by atoms with Crippen LogP contribution in [-0.4, -0.2) is 25.9 Å². The largest absolute Gasteiger partial charge is 0.329 e. The van der Waals surface area contributed by atoms with Gasteiger partial charge in [-0.2, -0.15) is 0 Å². The summed E-state index contributed by atoms with van der Waals surface area (Å²) in [6.45, 7) is 3.77. The molecule has 21 heavy (non-hydrogen) atoms. The van der Waals surface area contributed by atoms with E-state index in [4.69, 9.17) is 5.73 Å². The highest BCUT2D eigenvalue weighted by molar-refractivity contribution is 7.89. The van der Waals surface area contributed by atoms with E-state index in [1.807, 2.05) is 13.8 Å². The first kappa shape index (κ1) is 17.5. The van der Waals surface area contributed by atoms with Gasteiger partial charge in [-0.25, -0.2) is 17.5 Å². The van der Waals surface area contributed by atoms with Crippen molar-refractivity contribution in [2.75, 3.05) is 6.54 Å². The maximum absolute atomic E-state index is 13.8. The van der Waals surface area contributed by atoms with Gasteiger partial charge < -0.3 is 5.73 Å². The Morgan fingerprint density at radius 2 is 2.05 bits per heavy atom. The number of hydrogen-bond acceptors (Lipinski definition) is 5. The predicted octanol–water partition coefficient (Wildman–Crippen LogP) is 1.39. The van der Waals surface area contributed by atoms with Crippen molar-refractivity contribution >= 4 is 15.7 Å². The van der Waals surface area contributed by atoms with Gasteiger partial charge in [-0.3, -0.25) is 10.1 Å². The molecule has 3 N–H and O–H groups in total. The lowest BCUT2D eigenvalue weighted by Gasteiger charge is -2.18. The molecule has 0 saturated heterocycles. The summed E-state index contributed by atoms with van der Waals surface area (Å²) in [5.41, 5.74) is 4.68. The number of benzene rings is 1. The molecule has 0 unspecified atom stereocenters. The summed E-state index contributed by atoms with van der Waals surface area (Å²) in [6, 6.07) is 2.27. The molecule has 0 aliphatic carbocycles. The fourth-order valence-corrected chi connectivity index (χ4v) is 3.44. The van der Waals surface area contributed by atoms with Crippen molar-refractivity contribution < 1.29 is 17.7 Å². The normalized spacial score (nSPS) is 13.4. The van der Waals surface area contributed by atoms with Gasteiger partial charge in [-0.05, 0) is 18.4 Å². The number of nitrogens with one attached hydrogen (secondary N) is 1. The third kappa shape index (κ3) is 4.45. The van der Waals surface area contributed by atoms with Gasteiger partial charge in [0.15, 0.2) is 4.90 Å². The average molecular weight is 319 g/mol. The molecule has 0 aromatic heterocycles. The number of nitro benzene ring substituents is 1. The van der Waals surface area contributed by atoms with E-state index in [-0.39, 0.29) is 12.5 Å². The summed E-state index contributed by atoms with van der Waals surface area (Å²) in [5, 5.41) is 10.9. The van der Waals surface area contributed by atoms with E-state index in [9.17, 15) is 22.9 Å². The van der Waals surface area contributed by atoms with Crippen molar-refractivity contribution in [1.82, 2.24) is 4.72 Å². The zero-order chi connectivity index (χ0) is 16.2. The van der Waals surface area contributed by atoms with E-state index in [0.29, 0.717) is 6.42 Å². The third-order valence-corrected chi connectivity index (χ3v) is 4.36. The smallest absolute Gasteiger partial charge is 0.292 e. The molecule has 0 bridgehead atoms. The molecule has 1 atom stereocenters. The van der Waals surface area contributed by atoms with Crippen molar-refractivity contribution in [3.05, 3.63) is 34.1 Å². The van der Waals surface area contributed by atoms with Crippen LogP contribution in [-0.2, 0) is 10.0 Å². The van der Waals surface area contributed by atoms with Crippen LogP contribution in [0, 0.1) is 21.8 Å². The number of sulfonamides is 1. The first-order chi connectivity index (χ1) is 9.69. The summed E-state index contributed by atoms with van der Waals surface area (Å²) in [6.07, 6.45) is 0.442. The number of hydrogen-bond donors (Lipinski definition) is 2. The minimum Gasteiger partial charge on any atom is -0.329 e. The standard InChI is InChI=1S/C12H18FN3O4S/c1-8(2)6-9(7-14)15-21(19,20)12-10(13)4-3-5-11(12)16(17)18/h3-5,8-9,15H,6-7,14H2,1-2H3/t9-/m0/s1. The molecule has 9 heteroatoms. The SMILES string of the molecule is CC(C)C[C@@H](CN)NS(=O)(=O)c1c(F)cccc1[N+](=O)[O-]. The maximum Gasteiger partial charge on any atom is 0.292 e. The van der Waals surface area contributed by atoms with Crippen molar-refractivity contribution in [2.24, 2.45) is 11.7 Å². The van der Waals surface area contributed by atoms with Gasteiger partial charge in [-0.1, -0.05) is 19.9 Å². The summed E-state index contributed by atoms with van der Waals surface area (Å²) in [4.78, 5) is 8.98. The molecule has 1 rings (SSSR count). The zero-order valence-corrected chi connectivity index (χ0v) is 12.6. The summed E-state index contributed by atoms with van der Waals surface area (Å²) in [5.74, 6) is -1.01. The van der Waals surface area contributed by atoms with E-state index < -0.39 is 37.4 Å². The summed E-state index contributed by atoms with van der Waals surface area (Å²) >= 11 is 0. The van der Waals surface area contributed by atoms with E-state index >= 15 is 0 Å². The number of rotatable bonds is 7. The lowest BCUT2D eigenvalue weighted by atomic mass is 10.1. The highest BCUT2D eigenvalue weighted by Gasteiger charge is 2.31. The van der Waals surface area contributed by atoms with Crippen LogP contribution < -0.4 is 10.5 Å². The van der Waals surface area contributed by atoms with Crippen molar-refractivity contribution in [3.63, 3.8) is 0 Å². The van der Waals surface area contributed by atoms with Crippen molar-refractivity contribution in [3.8, 4) is 0 Å². The first-order valence-electron chi connectivity index (χ1n) is 6.34. The molecule has 0 fully saturated rings. The molecule has 0 radical (unpaired) electrons. The van der Waals surface area contributed by atoms with Crippen LogP contribution in [0.2, 0.25) is 0 Å². The van der Waals surface area contributed by atoms with Crippen LogP contribution in [0.3, 0.4) is 0 Å². The van der Waals surface area contributed by atoms with Crippen LogP contribution in [0.15, 0.2) is 23.1 Å². The van der Waals surface area contributed by atoms with Gasteiger partial charge in [0.05, 0.1) is 4.92 Å². The molecule has 1 aromatic carbocycles. The lowest BCUT2D eigenvalue weighted by Crippen LogP contribution is -2.41. The van der Waals surface area contributed by atoms with Crippen LogP contribution in [0.25, 0.3) is 0 Å². The van der Waals surface area contributed by atoms with Gasteiger partial charge in [0.2, 0.25) is 0 Å². The van der Waals surface area contributed by atoms with Crippen molar-refractivity contribution in [1.29, 1.82) is 0 Å². The van der Waals surface area contributed by atoms with Crippen molar-refractivity contribution in [2.45, 2.75) is 31.2 Å². The van der Waals surface area contributed by atoms with Gasteiger partial charge in [0.1, 0.15) is 5.82 Å². The van der Waals surface area contributed by atoms with Gasteiger partial charge in [0, 0.05) is 18.7 Å². The minimum absolute atomic E-state index is 0.0136. The van der Waals surface area contributed by atoms with Gasteiger partial charge in [0.25, 0.3) is 15.7 Å². The van der Waals surface area contributed by atoms with E-state index in [1.54, 1.807) is 0 Å². The van der Waals surface area contributed by atoms with E-state index in [2.05, 4.69) is 4.72 Å². The van der Waals surface area contributed by atoms with Crippen LogP contribution in [0.5, 0.6) is 0 Å². The van der Waals surface area contributed by atoms with E-state index in [1.165, 1.54) is 0 Å². The Morgan fingerprint density at radius 3 is 2.52 bits per heavy atom. The van der Waals surface area contributed by atoms with Gasteiger partial charge >= 0.3 is 0 Å². The second-order valence-corrected chi connectivity index (χ2v) is 6.68. The molecule has 1 aromatic rings. The van der Waals surface area contributed by atoms with Crippen LogP contribution >= 0.6 is 0 Å². The Labute approximate surface area is 122 Å². The molecule has 0 saturated carbocycles. The second kappa shape index (κ2) is 6.92. The number of nitrogens with zero attached hydrogens (tertiary/aromatic N) is 1. The fraction of sp³-hybridized carbons (Fsp3) is 0.500.